The van der Waals surface area contributed by atoms with E-state index in [2.05, 4.69) is 5.32 Å². The van der Waals surface area contributed by atoms with Gasteiger partial charge in [-0.2, -0.15) is 0 Å². The van der Waals surface area contributed by atoms with Crippen molar-refractivity contribution >= 4 is 34.9 Å². The number of halogens is 1. The molecule has 2 aliphatic heterocycles. The lowest BCUT2D eigenvalue weighted by molar-refractivity contribution is -0.169. The van der Waals surface area contributed by atoms with Crippen molar-refractivity contribution in [1.82, 2.24) is 0 Å². The molecule has 2 heterocycles. The Labute approximate surface area is 239 Å². The number of ether oxygens (including phenoxy) is 2. The van der Waals surface area contributed by atoms with Gasteiger partial charge < -0.3 is 14.4 Å². The lowest BCUT2D eigenvalue weighted by atomic mass is 9.73. The van der Waals surface area contributed by atoms with E-state index in [9.17, 15) is 18.8 Å². The fourth-order valence-electron chi connectivity index (χ4n) is 5.78. The predicted molar refractivity (Wildman–Crippen MR) is 154 cm³/mol. The molecule has 0 saturated carbocycles. The summed E-state index contributed by atoms with van der Waals surface area (Å²) in [6.45, 7) is 9.24. The van der Waals surface area contributed by atoms with Gasteiger partial charge in [-0.25, -0.2) is 14.0 Å². The van der Waals surface area contributed by atoms with Crippen LogP contribution in [0.1, 0.15) is 57.7 Å². The third-order valence-corrected chi connectivity index (χ3v) is 7.52. The van der Waals surface area contributed by atoms with E-state index in [1.54, 1.807) is 25.7 Å². The van der Waals surface area contributed by atoms with Gasteiger partial charge in [0.05, 0.1) is 23.5 Å². The van der Waals surface area contributed by atoms with Crippen molar-refractivity contribution in [3.63, 3.8) is 0 Å². The summed E-state index contributed by atoms with van der Waals surface area (Å²) in [4.78, 5) is 42.5. The first-order chi connectivity index (χ1) is 19.5. The first-order valence-corrected chi connectivity index (χ1v) is 13.7. The number of fused-ring (bicyclic) bond motifs is 2. The van der Waals surface area contributed by atoms with Crippen LogP contribution in [0.4, 0.5) is 20.6 Å². The average Bonchev–Trinajstić information content (AvgIpc) is 3.14. The molecular weight excluding hydrogens is 523 g/mol. The minimum Gasteiger partial charge on any atom is -0.444 e. The summed E-state index contributed by atoms with van der Waals surface area (Å²) in [5.74, 6) is -2.26. The number of carbonyl (C=O) groups excluding carboxylic acids is 3. The number of anilines is 2. The smallest absolute Gasteiger partial charge is 0.412 e. The highest BCUT2D eigenvalue weighted by Crippen LogP contribution is 2.54. The SMILES string of the molecule is CCC1=C(c2cc(F)ccc2NC(=O)OC(C)(C)C)C(=O)O[C@]2(C(=O)N(Cc3ccccc3)c3ccccc32)C1C. The number of benzene rings is 3. The van der Waals surface area contributed by atoms with Crippen LogP contribution in [-0.4, -0.2) is 23.6 Å². The lowest BCUT2D eigenvalue weighted by Gasteiger charge is -2.40. The molecule has 41 heavy (non-hydrogen) atoms. The summed E-state index contributed by atoms with van der Waals surface area (Å²) < 4.78 is 26.2. The summed E-state index contributed by atoms with van der Waals surface area (Å²) in [6, 6.07) is 20.7. The normalized spacial score (nSPS) is 20.2. The zero-order valence-corrected chi connectivity index (χ0v) is 23.8. The largest absolute Gasteiger partial charge is 0.444 e. The molecule has 7 nitrogen and oxygen atoms in total. The topological polar surface area (TPSA) is 84.9 Å². The zero-order valence-electron chi connectivity index (χ0n) is 23.8. The third-order valence-electron chi connectivity index (χ3n) is 7.52. The van der Waals surface area contributed by atoms with E-state index in [0.717, 1.165) is 5.56 Å². The van der Waals surface area contributed by atoms with Crippen LogP contribution < -0.4 is 10.2 Å². The van der Waals surface area contributed by atoms with E-state index in [1.807, 2.05) is 68.4 Å². The Morgan fingerprint density at radius 2 is 1.73 bits per heavy atom. The molecule has 3 aromatic rings. The van der Waals surface area contributed by atoms with Crippen LogP contribution in [0.15, 0.2) is 78.4 Å². The fraction of sp³-hybridized carbons (Fsp3) is 0.303. The van der Waals surface area contributed by atoms with Crippen LogP contribution in [0.3, 0.4) is 0 Å². The zero-order chi connectivity index (χ0) is 29.5. The molecule has 1 N–H and O–H groups in total. The predicted octanol–water partition coefficient (Wildman–Crippen LogP) is 6.97. The van der Waals surface area contributed by atoms with Gasteiger partial charge in [0.25, 0.3) is 5.91 Å². The number of para-hydroxylation sites is 1. The highest BCUT2D eigenvalue weighted by Gasteiger charge is 2.60. The maximum Gasteiger partial charge on any atom is 0.412 e. The second-order valence-electron chi connectivity index (χ2n) is 11.3. The molecule has 0 bridgehead atoms. The van der Waals surface area contributed by atoms with Crippen molar-refractivity contribution in [1.29, 1.82) is 0 Å². The van der Waals surface area contributed by atoms with Crippen LogP contribution in [0.5, 0.6) is 0 Å². The molecule has 5 rings (SSSR count). The second kappa shape index (κ2) is 10.5. The van der Waals surface area contributed by atoms with Crippen molar-refractivity contribution < 1.29 is 28.2 Å². The maximum absolute atomic E-state index is 14.6. The number of carbonyl (C=O) groups is 3. The minimum atomic E-state index is -1.58. The van der Waals surface area contributed by atoms with Gasteiger partial charge in [0.2, 0.25) is 5.60 Å². The van der Waals surface area contributed by atoms with Crippen LogP contribution in [0.2, 0.25) is 0 Å². The van der Waals surface area contributed by atoms with Crippen LogP contribution in [-0.2, 0) is 31.2 Å². The molecular formula is C33H33FN2O5. The fourth-order valence-corrected chi connectivity index (χ4v) is 5.78. The van der Waals surface area contributed by atoms with Crippen molar-refractivity contribution in [2.75, 3.05) is 10.2 Å². The van der Waals surface area contributed by atoms with E-state index in [4.69, 9.17) is 9.47 Å². The van der Waals surface area contributed by atoms with Crippen molar-refractivity contribution in [3.05, 3.63) is 101 Å². The molecule has 2 aliphatic rings. The molecule has 0 aromatic heterocycles. The van der Waals surface area contributed by atoms with Crippen LogP contribution >= 0.6 is 0 Å². The maximum atomic E-state index is 14.6. The third kappa shape index (κ3) is 4.99. The molecule has 1 spiro atoms. The molecule has 0 aliphatic carbocycles. The molecule has 3 aromatic carbocycles. The summed E-state index contributed by atoms with van der Waals surface area (Å²) >= 11 is 0. The van der Waals surface area contributed by atoms with E-state index in [1.165, 1.54) is 18.2 Å². The Morgan fingerprint density at radius 1 is 1.05 bits per heavy atom. The van der Waals surface area contributed by atoms with Gasteiger partial charge in [0.1, 0.15) is 11.4 Å². The van der Waals surface area contributed by atoms with Crippen molar-refractivity contribution in [2.24, 2.45) is 5.92 Å². The highest BCUT2D eigenvalue weighted by atomic mass is 19.1. The number of hydrogen-bond acceptors (Lipinski definition) is 5. The minimum absolute atomic E-state index is 0.128. The Kier molecular flexibility index (Phi) is 7.19. The molecule has 1 unspecified atom stereocenters. The van der Waals surface area contributed by atoms with Gasteiger partial charge in [-0.3, -0.25) is 10.1 Å². The van der Waals surface area contributed by atoms with Crippen LogP contribution in [0.25, 0.3) is 5.57 Å². The molecule has 2 atom stereocenters. The summed E-state index contributed by atoms with van der Waals surface area (Å²) in [5.41, 5.74) is 1.01. The van der Waals surface area contributed by atoms with E-state index in [-0.39, 0.29) is 22.7 Å². The quantitative estimate of drug-likeness (QED) is 0.343. The van der Waals surface area contributed by atoms with Gasteiger partial charge in [-0.1, -0.05) is 62.4 Å². The van der Waals surface area contributed by atoms with Gasteiger partial charge in [0, 0.05) is 17.0 Å². The average molecular weight is 557 g/mol. The molecule has 0 saturated heterocycles. The monoisotopic (exact) mass is 556 g/mol. The molecule has 0 radical (unpaired) electrons. The first-order valence-electron chi connectivity index (χ1n) is 13.7. The molecule has 2 amide bonds. The van der Waals surface area contributed by atoms with Crippen molar-refractivity contribution in [2.45, 2.75) is 58.8 Å². The van der Waals surface area contributed by atoms with Gasteiger partial charge in [-0.15, -0.1) is 0 Å². The standard InChI is InChI=1S/C33H33FN2O5/c1-6-23-20(2)33(25-14-10-11-15-27(25)36(30(33)38)19-21-12-8-7-9-13-21)40-29(37)28(23)24-18-22(34)16-17-26(24)35-31(39)41-32(3,4)5/h7-18,20H,6,19H2,1-5H3,(H,35,39)/t20?,33-/m1/s1. The van der Waals surface area contributed by atoms with Gasteiger partial charge >= 0.3 is 12.1 Å². The Balaban J connectivity index is 1.61. The second-order valence-corrected chi connectivity index (χ2v) is 11.3. The van der Waals surface area contributed by atoms with Gasteiger partial charge in [0.15, 0.2) is 0 Å². The van der Waals surface area contributed by atoms with Gasteiger partial charge in [-0.05, 0) is 62.6 Å². The van der Waals surface area contributed by atoms with E-state index < -0.39 is 35.0 Å². The first kappa shape index (κ1) is 28.1. The van der Waals surface area contributed by atoms with E-state index >= 15 is 0 Å². The Hall–Kier alpha value is -4.46. The highest BCUT2D eigenvalue weighted by molar-refractivity contribution is 6.23. The summed E-state index contributed by atoms with van der Waals surface area (Å²) in [5, 5.41) is 2.65. The number of amides is 2. The van der Waals surface area contributed by atoms with Crippen molar-refractivity contribution in [3.8, 4) is 0 Å². The Morgan fingerprint density at radius 3 is 2.41 bits per heavy atom. The number of esters is 1. The summed E-state index contributed by atoms with van der Waals surface area (Å²) in [7, 11) is 0. The lowest BCUT2D eigenvalue weighted by Crippen LogP contribution is -2.51. The molecule has 8 heteroatoms. The number of hydrogen-bond donors (Lipinski definition) is 1. The Bertz CT molecular complexity index is 1560. The summed E-state index contributed by atoms with van der Waals surface area (Å²) in [6.07, 6.45) is -0.349. The number of nitrogens with one attached hydrogen (secondary N) is 1. The van der Waals surface area contributed by atoms with Crippen LogP contribution in [0, 0.1) is 11.7 Å². The molecule has 0 fully saturated rings. The molecule has 212 valence electrons. The van der Waals surface area contributed by atoms with E-state index in [0.29, 0.717) is 29.8 Å². The number of rotatable bonds is 5. The number of nitrogens with zero attached hydrogens (tertiary/aromatic N) is 1.